The van der Waals surface area contributed by atoms with E-state index in [4.69, 9.17) is 4.74 Å². The maximum Gasteiger partial charge on any atom is 0.264 e. The van der Waals surface area contributed by atoms with Crippen molar-refractivity contribution in [3.63, 3.8) is 0 Å². The molecule has 0 spiro atoms. The quantitative estimate of drug-likeness (QED) is 0.388. The normalized spacial score (nSPS) is 21.8. The number of aromatic nitrogens is 2. The number of rotatable bonds is 4. The number of nitrogens with one attached hydrogen (secondary N) is 2. The predicted octanol–water partition coefficient (Wildman–Crippen LogP) is 5.51. The van der Waals surface area contributed by atoms with Crippen LogP contribution in [0.2, 0.25) is 0 Å². The van der Waals surface area contributed by atoms with Crippen molar-refractivity contribution in [3.05, 3.63) is 65.2 Å². The molecule has 1 aromatic heterocycles. The van der Waals surface area contributed by atoms with E-state index in [9.17, 15) is 18.0 Å². The molecule has 2 heterocycles. The molecule has 2 aromatic carbocycles. The van der Waals surface area contributed by atoms with E-state index < -0.39 is 10.0 Å². The fourth-order valence-corrected chi connectivity index (χ4v) is 7.58. The van der Waals surface area contributed by atoms with Crippen LogP contribution in [0.25, 0.3) is 11.3 Å². The van der Waals surface area contributed by atoms with Gasteiger partial charge in [0.25, 0.3) is 15.9 Å². The van der Waals surface area contributed by atoms with Gasteiger partial charge in [0.2, 0.25) is 17.7 Å². The summed E-state index contributed by atoms with van der Waals surface area (Å²) >= 11 is 0. The minimum absolute atomic E-state index is 0.0176. The Labute approximate surface area is 266 Å². The van der Waals surface area contributed by atoms with Gasteiger partial charge in [-0.3, -0.25) is 9.59 Å². The van der Waals surface area contributed by atoms with Crippen LogP contribution in [0.5, 0.6) is 5.88 Å². The van der Waals surface area contributed by atoms with E-state index in [0.29, 0.717) is 37.8 Å². The summed E-state index contributed by atoms with van der Waals surface area (Å²) < 4.78 is 36.2. The van der Waals surface area contributed by atoms with Gasteiger partial charge in [-0.15, -0.1) is 0 Å². The van der Waals surface area contributed by atoms with Gasteiger partial charge in [-0.2, -0.15) is 4.98 Å². The van der Waals surface area contributed by atoms with Gasteiger partial charge >= 0.3 is 0 Å². The minimum atomic E-state index is -4.15. The minimum Gasteiger partial charge on any atom is -0.475 e. The summed E-state index contributed by atoms with van der Waals surface area (Å²) in [5.41, 5.74) is 3.47. The molecule has 4 bridgehead atoms. The molecule has 3 aromatic rings. The molecule has 0 radical (unpaired) electrons. The van der Waals surface area contributed by atoms with Gasteiger partial charge in [0.05, 0.1) is 16.6 Å². The Bertz CT molecular complexity index is 1670. The lowest BCUT2D eigenvalue weighted by Gasteiger charge is -2.43. The molecule has 1 aliphatic carbocycles. The molecule has 2 N–H and O–H groups in total. The smallest absolute Gasteiger partial charge is 0.264 e. The fourth-order valence-electron chi connectivity index (χ4n) is 6.59. The third-order valence-electron chi connectivity index (χ3n) is 8.66. The van der Waals surface area contributed by atoms with Gasteiger partial charge < -0.3 is 15.0 Å². The lowest BCUT2D eigenvalue weighted by Crippen LogP contribution is -2.52. The van der Waals surface area contributed by atoms with Crippen LogP contribution in [0.3, 0.4) is 0 Å². The Morgan fingerprint density at radius 1 is 1.02 bits per heavy atom. The summed E-state index contributed by atoms with van der Waals surface area (Å²) in [6, 6.07) is 13.2. The Hall–Kier alpha value is -3.99. The molecule has 2 aliphatic rings. The van der Waals surface area contributed by atoms with Crippen LogP contribution < -0.4 is 14.8 Å². The topological polar surface area (TPSA) is 131 Å². The first-order valence-electron chi connectivity index (χ1n) is 15.5. The standard InChI is InChI=1S/C34H43N5O5S/c1-21-9-7-10-22(2)30(21)28-18-29-37-33(36-28)38-45(42,43)27-12-8-11-24(17-27)32(41)39(26(20-44-29)19-34(3,4)5)25-15-13-23(14-16-25)31(40)35-6/h7-12,17-18,23,25-26H,13-16,19-20H2,1-6H3,(H,35,40)(H,36,37,38)/t23?,25?,26-/m1/s1. The summed E-state index contributed by atoms with van der Waals surface area (Å²) in [5.74, 6) is -0.249. The number of fused-ring (bicyclic) bond motifs is 4. The Balaban J connectivity index is 1.64. The largest absolute Gasteiger partial charge is 0.475 e. The maximum absolute atomic E-state index is 14.4. The first-order valence-corrected chi connectivity index (χ1v) is 17.0. The highest BCUT2D eigenvalue weighted by Crippen LogP contribution is 2.35. The zero-order valence-corrected chi connectivity index (χ0v) is 27.7. The summed E-state index contributed by atoms with van der Waals surface area (Å²) in [6.45, 7) is 10.5. The van der Waals surface area contributed by atoms with Crippen molar-refractivity contribution in [3.8, 4) is 17.1 Å². The monoisotopic (exact) mass is 633 g/mol. The third kappa shape index (κ3) is 7.30. The number of hydrogen-bond donors (Lipinski definition) is 2. The molecule has 240 valence electrons. The molecular weight excluding hydrogens is 590 g/mol. The first kappa shape index (κ1) is 32.4. The summed E-state index contributed by atoms with van der Waals surface area (Å²) in [7, 11) is -2.50. The van der Waals surface area contributed by atoms with Crippen LogP contribution in [-0.4, -0.2) is 60.8 Å². The molecular formula is C34H43N5O5S. The van der Waals surface area contributed by atoms with Gasteiger partial charge in [0.15, 0.2) is 0 Å². The third-order valence-corrected chi connectivity index (χ3v) is 9.99. The number of aryl methyl sites for hydroxylation is 2. The van der Waals surface area contributed by atoms with E-state index >= 15 is 0 Å². The average Bonchev–Trinajstić information content (AvgIpc) is 2.98. The molecule has 2 amide bonds. The summed E-state index contributed by atoms with van der Waals surface area (Å²) in [6.07, 6.45) is 3.25. The van der Waals surface area contributed by atoms with E-state index in [1.807, 2.05) is 36.9 Å². The van der Waals surface area contributed by atoms with E-state index in [0.717, 1.165) is 16.7 Å². The number of amides is 2. The fraction of sp³-hybridized carbons (Fsp3) is 0.471. The highest BCUT2D eigenvalue weighted by Gasteiger charge is 2.38. The number of carbonyl (C=O) groups is 2. The van der Waals surface area contributed by atoms with E-state index in [-0.39, 0.29) is 64.1 Å². The van der Waals surface area contributed by atoms with Crippen LogP contribution in [0.15, 0.2) is 53.4 Å². The van der Waals surface area contributed by atoms with Gasteiger partial charge in [-0.25, -0.2) is 18.1 Å². The van der Waals surface area contributed by atoms with Crippen molar-refractivity contribution in [2.24, 2.45) is 11.3 Å². The average molecular weight is 634 g/mol. The molecule has 1 atom stereocenters. The SMILES string of the molecule is CNC(=O)C1CCC(N2C(=O)c3cccc(c3)S(=O)(=O)Nc3nc(cc(-c4c(C)cccc4C)n3)OC[C@H]2CC(C)(C)C)CC1. The second-order valence-corrected chi connectivity index (χ2v) is 15.1. The molecule has 11 heteroatoms. The highest BCUT2D eigenvalue weighted by molar-refractivity contribution is 7.92. The van der Waals surface area contributed by atoms with Crippen molar-refractivity contribution in [1.29, 1.82) is 0 Å². The zero-order chi connectivity index (χ0) is 32.5. The Kier molecular flexibility index (Phi) is 9.21. The molecule has 1 aliphatic heterocycles. The Morgan fingerprint density at radius 2 is 1.69 bits per heavy atom. The van der Waals surface area contributed by atoms with Crippen molar-refractivity contribution >= 4 is 27.8 Å². The summed E-state index contributed by atoms with van der Waals surface area (Å²) in [4.78, 5) is 37.7. The lowest BCUT2D eigenvalue weighted by molar-refractivity contribution is -0.125. The first-order chi connectivity index (χ1) is 21.3. The predicted molar refractivity (Wildman–Crippen MR) is 174 cm³/mol. The molecule has 0 saturated heterocycles. The van der Waals surface area contributed by atoms with Crippen molar-refractivity contribution in [2.75, 3.05) is 18.4 Å². The molecule has 5 rings (SSSR count). The van der Waals surface area contributed by atoms with E-state index in [1.54, 1.807) is 25.2 Å². The van der Waals surface area contributed by atoms with Crippen molar-refractivity contribution in [2.45, 2.75) is 83.7 Å². The van der Waals surface area contributed by atoms with Gasteiger partial charge in [-0.1, -0.05) is 45.0 Å². The van der Waals surface area contributed by atoms with Crippen LogP contribution in [0.4, 0.5) is 5.95 Å². The number of nitrogens with zero attached hydrogens (tertiary/aromatic N) is 3. The number of ether oxygens (including phenoxy) is 1. The second-order valence-electron chi connectivity index (χ2n) is 13.4. The highest BCUT2D eigenvalue weighted by atomic mass is 32.2. The molecule has 1 saturated carbocycles. The molecule has 45 heavy (non-hydrogen) atoms. The Morgan fingerprint density at radius 3 is 2.33 bits per heavy atom. The van der Waals surface area contributed by atoms with Crippen molar-refractivity contribution < 1.29 is 22.7 Å². The van der Waals surface area contributed by atoms with Gasteiger partial charge in [-0.05, 0) is 80.7 Å². The number of carbonyl (C=O) groups excluding carboxylic acids is 2. The molecule has 10 nitrogen and oxygen atoms in total. The van der Waals surface area contributed by atoms with E-state index in [1.165, 1.54) is 12.1 Å². The number of anilines is 1. The molecule has 0 unspecified atom stereocenters. The number of sulfonamides is 1. The van der Waals surface area contributed by atoms with Crippen LogP contribution in [0.1, 0.15) is 74.4 Å². The van der Waals surface area contributed by atoms with Crippen LogP contribution in [0, 0.1) is 25.2 Å². The van der Waals surface area contributed by atoms with Crippen LogP contribution >= 0.6 is 0 Å². The zero-order valence-electron chi connectivity index (χ0n) is 26.9. The number of benzene rings is 2. The second kappa shape index (κ2) is 12.8. The van der Waals surface area contributed by atoms with E-state index in [2.05, 4.69) is 40.8 Å². The lowest BCUT2D eigenvalue weighted by atomic mass is 9.82. The van der Waals surface area contributed by atoms with Crippen LogP contribution in [-0.2, 0) is 14.8 Å². The molecule has 1 fully saturated rings. The summed E-state index contributed by atoms with van der Waals surface area (Å²) in [5, 5.41) is 2.75. The van der Waals surface area contributed by atoms with Gasteiger partial charge in [0, 0.05) is 36.2 Å². The van der Waals surface area contributed by atoms with Crippen molar-refractivity contribution in [1.82, 2.24) is 20.2 Å². The van der Waals surface area contributed by atoms with Gasteiger partial charge in [0.1, 0.15) is 6.61 Å². The maximum atomic E-state index is 14.4. The number of hydrogen-bond acceptors (Lipinski definition) is 7.